The van der Waals surface area contributed by atoms with Gasteiger partial charge in [-0.05, 0) is 29.8 Å². The smallest absolute Gasteiger partial charge is 0.200 e. The number of phenolic OH excluding ortho intramolecular Hbond substituents is 3. The quantitative estimate of drug-likeness (QED) is 0.638. The van der Waals surface area contributed by atoms with Gasteiger partial charge in [0, 0.05) is 12.1 Å². The molecule has 5 heteroatoms. The fraction of sp³-hybridized carbons (Fsp3) is 0.118. The molecular weight excluding hydrogens is 284 g/mol. The molecule has 0 spiro atoms. The first-order valence-corrected chi connectivity index (χ1v) is 6.82. The van der Waals surface area contributed by atoms with Crippen molar-refractivity contribution in [1.29, 1.82) is 0 Å². The second-order valence-corrected chi connectivity index (χ2v) is 4.40. The predicted octanol–water partition coefficient (Wildman–Crippen LogP) is 3.60. The molecule has 1 heterocycles. The highest BCUT2D eigenvalue weighted by atomic mass is 16.3. The van der Waals surface area contributed by atoms with Gasteiger partial charge in [-0.1, -0.05) is 13.8 Å². The van der Waals surface area contributed by atoms with Gasteiger partial charge in [-0.15, -0.1) is 0 Å². The van der Waals surface area contributed by atoms with Gasteiger partial charge in [0.2, 0.25) is 0 Å². The van der Waals surface area contributed by atoms with Gasteiger partial charge in [0.25, 0.3) is 0 Å². The Morgan fingerprint density at radius 1 is 0.864 bits per heavy atom. The van der Waals surface area contributed by atoms with E-state index < -0.39 is 0 Å². The molecule has 0 saturated carbocycles. The molecule has 0 aliphatic rings. The van der Waals surface area contributed by atoms with Crippen molar-refractivity contribution >= 4 is 11.0 Å². The van der Waals surface area contributed by atoms with Crippen molar-refractivity contribution in [1.82, 2.24) is 0 Å². The van der Waals surface area contributed by atoms with E-state index in [1.54, 1.807) is 0 Å². The summed E-state index contributed by atoms with van der Waals surface area (Å²) in [7, 11) is 0. The van der Waals surface area contributed by atoms with E-state index in [2.05, 4.69) is 0 Å². The lowest BCUT2D eigenvalue weighted by Gasteiger charge is -2.04. The van der Waals surface area contributed by atoms with Gasteiger partial charge in [0.15, 0.2) is 5.43 Å². The molecule has 0 fully saturated rings. The topological polar surface area (TPSA) is 90.9 Å². The Kier molecular flexibility index (Phi) is 4.36. The first kappa shape index (κ1) is 15.4. The summed E-state index contributed by atoms with van der Waals surface area (Å²) in [6.45, 7) is 4.00. The average molecular weight is 300 g/mol. The van der Waals surface area contributed by atoms with Crippen LogP contribution in [0.5, 0.6) is 17.2 Å². The summed E-state index contributed by atoms with van der Waals surface area (Å²) >= 11 is 0. The van der Waals surface area contributed by atoms with Gasteiger partial charge in [0.1, 0.15) is 29.1 Å². The Balaban J connectivity index is 0.000000847. The largest absolute Gasteiger partial charge is 0.508 e. The molecule has 0 saturated heterocycles. The monoisotopic (exact) mass is 300 g/mol. The van der Waals surface area contributed by atoms with Gasteiger partial charge in [-0.3, -0.25) is 4.79 Å². The van der Waals surface area contributed by atoms with Gasteiger partial charge in [-0.2, -0.15) is 0 Å². The van der Waals surface area contributed by atoms with Crippen molar-refractivity contribution in [3.8, 4) is 28.4 Å². The molecule has 0 aliphatic carbocycles. The molecule has 1 aromatic heterocycles. The molecule has 22 heavy (non-hydrogen) atoms. The average Bonchev–Trinajstić information content (AvgIpc) is 2.48. The molecular formula is C17H16O5. The molecule has 114 valence electrons. The van der Waals surface area contributed by atoms with Crippen molar-refractivity contribution < 1.29 is 19.7 Å². The van der Waals surface area contributed by atoms with Crippen LogP contribution in [0.4, 0.5) is 0 Å². The van der Waals surface area contributed by atoms with Crippen LogP contribution in [0.25, 0.3) is 22.1 Å². The van der Waals surface area contributed by atoms with Crippen LogP contribution in [-0.2, 0) is 0 Å². The van der Waals surface area contributed by atoms with Crippen molar-refractivity contribution in [2.75, 3.05) is 0 Å². The number of benzene rings is 2. The minimum atomic E-state index is -0.309. The van der Waals surface area contributed by atoms with Crippen molar-refractivity contribution in [2.45, 2.75) is 13.8 Å². The number of hydrogen-bond donors (Lipinski definition) is 3. The fourth-order valence-electron chi connectivity index (χ4n) is 2.07. The fourth-order valence-corrected chi connectivity index (χ4v) is 2.07. The van der Waals surface area contributed by atoms with Crippen LogP contribution in [0.1, 0.15) is 13.8 Å². The lowest BCUT2D eigenvalue weighted by atomic mass is 10.0. The number of aromatic hydroxyl groups is 3. The highest BCUT2D eigenvalue weighted by molar-refractivity contribution is 5.82. The standard InChI is InChI=1S/C15H10O5.C2H6/c16-9-1-2-12-14(6-9)20-7-13(15(12)19)8-3-10(17)5-11(18)4-8;1-2/h1-7,16-18H;1-2H3. The van der Waals surface area contributed by atoms with Crippen LogP contribution >= 0.6 is 0 Å². The third-order valence-corrected chi connectivity index (χ3v) is 2.97. The maximum Gasteiger partial charge on any atom is 0.200 e. The Hall–Kier alpha value is -2.95. The van der Waals surface area contributed by atoms with Gasteiger partial charge < -0.3 is 19.7 Å². The van der Waals surface area contributed by atoms with Crippen molar-refractivity contribution in [2.24, 2.45) is 0 Å². The van der Waals surface area contributed by atoms with E-state index in [4.69, 9.17) is 4.42 Å². The van der Waals surface area contributed by atoms with Gasteiger partial charge in [0.05, 0.1) is 10.9 Å². The minimum absolute atomic E-state index is 0.00315. The first-order valence-electron chi connectivity index (χ1n) is 6.82. The van der Waals surface area contributed by atoms with Crippen LogP contribution in [0.15, 0.2) is 51.9 Å². The molecule has 0 radical (unpaired) electrons. The highest BCUT2D eigenvalue weighted by Gasteiger charge is 2.11. The van der Waals surface area contributed by atoms with Crippen LogP contribution in [0, 0.1) is 0 Å². The summed E-state index contributed by atoms with van der Waals surface area (Å²) in [5, 5.41) is 28.6. The molecule has 3 N–H and O–H groups in total. The zero-order valence-corrected chi connectivity index (χ0v) is 12.2. The van der Waals surface area contributed by atoms with E-state index in [9.17, 15) is 20.1 Å². The predicted molar refractivity (Wildman–Crippen MR) is 84.3 cm³/mol. The zero-order chi connectivity index (χ0) is 16.3. The number of hydrogen-bond acceptors (Lipinski definition) is 5. The van der Waals surface area contributed by atoms with E-state index in [1.807, 2.05) is 13.8 Å². The molecule has 0 aliphatic heterocycles. The zero-order valence-electron chi connectivity index (χ0n) is 12.2. The van der Waals surface area contributed by atoms with E-state index in [-0.39, 0.29) is 33.8 Å². The number of phenols is 3. The number of rotatable bonds is 1. The molecule has 0 unspecified atom stereocenters. The Labute approximate surface area is 126 Å². The van der Waals surface area contributed by atoms with E-state index >= 15 is 0 Å². The van der Waals surface area contributed by atoms with Crippen LogP contribution in [-0.4, -0.2) is 15.3 Å². The van der Waals surface area contributed by atoms with Crippen molar-refractivity contribution in [3.05, 3.63) is 52.9 Å². The Morgan fingerprint density at radius 2 is 1.50 bits per heavy atom. The van der Waals surface area contributed by atoms with E-state index in [0.29, 0.717) is 10.9 Å². The summed E-state index contributed by atoms with van der Waals surface area (Å²) in [4.78, 5) is 12.4. The van der Waals surface area contributed by atoms with Gasteiger partial charge >= 0.3 is 0 Å². The molecule has 0 amide bonds. The molecule has 2 aromatic carbocycles. The minimum Gasteiger partial charge on any atom is -0.508 e. The summed E-state index contributed by atoms with van der Waals surface area (Å²) in [5.41, 5.74) is 0.528. The normalized spacial score (nSPS) is 10.1. The molecule has 0 bridgehead atoms. The van der Waals surface area contributed by atoms with Crippen LogP contribution in [0.2, 0.25) is 0 Å². The lowest BCUT2D eigenvalue weighted by Crippen LogP contribution is -2.04. The van der Waals surface area contributed by atoms with Crippen LogP contribution < -0.4 is 5.43 Å². The van der Waals surface area contributed by atoms with Crippen LogP contribution in [0.3, 0.4) is 0 Å². The second kappa shape index (κ2) is 6.22. The summed E-state index contributed by atoms with van der Waals surface area (Å²) in [6, 6.07) is 8.09. The SMILES string of the molecule is CC.O=c1c(-c2cc(O)cc(O)c2)coc2cc(O)ccc12. The maximum absolute atomic E-state index is 12.4. The summed E-state index contributed by atoms with van der Waals surface area (Å²) < 4.78 is 5.32. The third kappa shape index (κ3) is 2.88. The highest BCUT2D eigenvalue weighted by Crippen LogP contribution is 2.28. The molecule has 5 nitrogen and oxygen atoms in total. The second-order valence-electron chi connectivity index (χ2n) is 4.40. The summed E-state index contributed by atoms with van der Waals surface area (Å²) in [6.07, 6.45) is 1.23. The maximum atomic E-state index is 12.4. The lowest BCUT2D eigenvalue weighted by molar-refractivity contribution is 0.451. The van der Waals surface area contributed by atoms with E-state index in [0.717, 1.165) is 0 Å². The molecule has 3 rings (SSSR count). The van der Waals surface area contributed by atoms with E-state index in [1.165, 1.54) is 42.7 Å². The summed E-state index contributed by atoms with van der Waals surface area (Å²) in [5.74, 6) is -0.293. The first-order chi connectivity index (χ1) is 10.5. The molecule has 3 aromatic rings. The van der Waals surface area contributed by atoms with Gasteiger partial charge in [-0.25, -0.2) is 0 Å². The Bertz CT molecular complexity index is 844. The number of fused-ring (bicyclic) bond motifs is 1. The molecule has 0 atom stereocenters. The Morgan fingerprint density at radius 3 is 2.14 bits per heavy atom. The van der Waals surface area contributed by atoms with Crippen molar-refractivity contribution in [3.63, 3.8) is 0 Å². The third-order valence-electron chi connectivity index (χ3n) is 2.97.